The van der Waals surface area contributed by atoms with E-state index in [4.69, 9.17) is 9.47 Å². The van der Waals surface area contributed by atoms with E-state index in [0.29, 0.717) is 5.88 Å². The van der Waals surface area contributed by atoms with Gasteiger partial charge in [0.25, 0.3) is 0 Å². The molecule has 2 heterocycles. The molecule has 0 spiro atoms. The second-order valence-electron chi connectivity index (χ2n) is 3.44. The molecule has 0 atom stereocenters. The van der Waals surface area contributed by atoms with Gasteiger partial charge in [-0.2, -0.15) is 4.98 Å². The molecule has 2 aromatic heterocycles. The Morgan fingerprint density at radius 2 is 1.88 bits per heavy atom. The lowest BCUT2D eigenvalue weighted by Crippen LogP contribution is -1.98. The Morgan fingerprint density at radius 3 is 2.53 bits per heavy atom. The van der Waals surface area contributed by atoms with Crippen molar-refractivity contribution in [2.45, 2.75) is 6.92 Å². The molecule has 0 aliphatic carbocycles. The summed E-state index contributed by atoms with van der Waals surface area (Å²) in [6.45, 7) is 1.93. The average molecular weight is 231 g/mol. The maximum atomic E-state index is 5.21. The molecule has 0 aliphatic heterocycles. The molecule has 0 N–H and O–H groups in total. The van der Waals surface area contributed by atoms with E-state index in [9.17, 15) is 0 Å². The predicted molar refractivity (Wildman–Crippen MR) is 63.1 cm³/mol. The minimum absolute atomic E-state index is 0.276. The van der Waals surface area contributed by atoms with Crippen molar-refractivity contribution in [1.82, 2.24) is 15.0 Å². The fraction of sp³-hybridized carbons (Fsp3) is 0.250. The standard InChI is InChI=1S/C12H13N3O2/c1-8-5-4-6-10(14-8)9-7-13-12(17-3)15-11(9)16-2/h4-7H,1-3H3. The zero-order valence-corrected chi connectivity index (χ0v) is 9.97. The number of ether oxygens (including phenoxy) is 2. The van der Waals surface area contributed by atoms with E-state index in [1.165, 1.54) is 7.11 Å². The summed E-state index contributed by atoms with van der Waals surface area (Å²) in [5.74, 6) is 0.454. The van der Waals surface area contributed by atoms with Crippen LogP contribution in [0.3, 0.4) is 0 Å². The molecular weight excluding hydrogens is 218 g/mol. The summed E-state index contributed by atoms with van der Waals surface area (Å²) >= 11 is 0. The number of aromatic nitrogens is 3. The van der Waals surface area contributed by atoms with Crippen LogP contribution in [-0.4, -0.2) is 29.2 Å². The van der Waals surface area contributed by atoms with Gasteiger partial charge in [0.15, 0.2) is 0 Å². The number of aryl methyl sites for hydroxylation is 1. The van der Waals surface area contributed by atoms with E-state index in [-0.39, 0.29) is 6.01 Å². The molecule has 0 saturated carbocycles. The topological polar surface area (TPSA) is 57.1 Å². The van der Waals surface area contributed by atoms with Crippen LogP contribution in [0.4, 0.5) is 0 Å². The number of nitrogens with zero attached hydrogens (tertiary/aromatic N) is 3. The molecule has 2 rings (SSSR count). The first-order chi connectivity index (χ1) is 8.24. The Bertz CT molecular complexity index is 529. The monoisotopic (exact) mass is 231 g/mol. The Labute approximate surface area is 99.5 Å². The van der Waals surface area contributed by atoms with E-state index in [2.05, 4.69) is 15.0 Å². The van der Waals surface area contributed by atoms with Crippen LogP contribution in [0.5, 0.6) is 11.9 Å². The molecule has 17 heavy (non-hydrogen) atoms. The maximum absolute atomic E-state index is 5.21. The van der Waals surface area contributed by atoms with Gasteiger partial charge < -0.3 is 9.47 Å². The van der Waals surface area contributed by atoms with Crippen LogP contribution in [0.1, 0.15) is 5.69 Å². The van der Waals surface area contributed by atoms with Crippen molar-refractivity contribution in [3.8, 4) is 23.1 Å². The molecule has 5 nitrogen and oxygen atoms in total. The molecule has 88 valence electrons. The highest BCUT2D eigenvalue weighted by molar-refractivity contribution is 5.64. The highest BCUT2D eigenvalue weighted by Gasteiger charge is 2.11. The molecule has 0 unspecified atom stereocenters. The van der Waals surface area contributed by atoms with Crippen LogP contribution in [-0.2, 0) is 0 Å². The molecule has 0 saturated heterocycles. The van der Waals surface area contributed by atoms with Crippen LogP contribution >= 0.6 is 0 Å². The number of hydrogen-bond donors (Lipinski definition) is 0. The van der Waals surface area contributed by atoms with Gasteiger partial charge in [-0.1, -0.05) is 6.07 Å². The van der Waals surface area contributed by atoms with E-state index in [1.54, 1.807) is 13.3 Å². The number of pyridine rings is 1. The smallest absolute Gasteiger partial charge is 0.319 e. The summed E-state index contributed by atoms with van der Waals surface area (Å²) < 4.78 is 10.2. The van der Waals surface area contributed by atoms with Gasteiger partial charge in [0, 0.05) is 11.9 Å². The molecule has 5 heteroatoms. The second kappa shape index (κ2) is 4.78. The molecule has 0 aliphatic rings. The highest BCUT2D eigenvalue weighted by Crippen LogP contribution is 2.27. The predicted octanol–water partition coefficient (Wildman–Crippen LogP) is 1.86. The average Bonchev–Trinajstić information content (AvgIpc) is 2.38. The molecule has 2 aromatic rings. The van der Waals surface area contributed by atoms with E-state index in [1.807, 2.05) is 25.1 Å². The highest BCUT2D eigenvalue weighted by atomic mass is 16.5. The largest absolute Gasteiger partial charge is 0.480 e. The van der Waals surface area contributed by atoms with Crippen molar-refractivity contribution < 1.29 is 9.47 Å². The quantitative estimate of drug-likeness (QED) is 0.807. The van der Waals surface area contributed by atoms with Gasteiger partial charge in [-0.15, -0.1) is 0 Å². The third kappa shape index (κ3) is 2.33. The fourth-order valence-electron chi connectivity index (χ4n) is 1.47. The van der Waals surface area contributed by atoms with Gasteiger partial charge in [0.2, 0.25) is 5.88 Å². The normalized spacial score (nSPS) is 10.1. The van der Waals surface area contributed by atoms with Crippen LogP contribution in [0.15, 0.2) is 24.4 Å². The van der Waals surface area contributed by atoms with Crippen molar-refractivity contribution in [1.29, 1.82) is 0 Å². The summed E-state index contributed by atoms with van der Waals surface area (Å²) in [5.41, 5.74) is 2.46. The third-order valence-electron chi connectivity index (χ3n) is 2.27. The Morgan fingerprint density at radius 1 is 1.06 bits per heavy atom. The summed E-state index contributed by atoms with van der Waals surface area (Å²) in [4.78, 5) is 12.6. The van der Waals surface area contributed by atoms with Gasteiger partial charge >= 0.3 is 6.01 Å². The van der Waals surface area contributed by atoms with E-state index >= 15 is 0 Å². The Hall–Kier alpha value is -2.17. The molecular formula is C12H13N3O2. The van der Waals surface area contributed by atoms with Crippen molar-refractivity contribution in [3.05, 3.63) is 30.1 Å². The first kappa shape index (κ1) is 11.3. The van der Waals surface area contributed by atoms with Crippen molar-refractivity contribution in [2.24, 2.45) is 0 Å². The molecule has 0 fully saturated rings. The van der Waals surface area contributed by atoms with Crippen molar-refractivity contribution in [3.63, 3.8) is 0 Å². The van der Waals surface area contributed by atoms with E-state index < -0.39 is 0 Å². The lowest BCUT2D eigenvalue weighted by atomic mass is 10.2. The molecule has 0 bridgehead atoms. The third-order valence-corrected chi connectivity index (χ3v) is 2.27. The van der Waals surface area contributed by atoms with Gasteiger partial charge in [0.05, 0.1) is 25.5 Å². The number of methoxy groups -OCH3 is 2. The minimum Gasteiger partial charge on any atom is -0.480 e. The van der Waals surface area contributed by atoms with Crippen LogP contribution in [0.25, 0.3) is 11.3 Å². The zero-order valence-electron chi connectivity index (χ0n) is 9.97. The van der Waals surface area contributed by atoms with Gasteiger partial charge in [0.1, 0.15) is 0 Å². The Kier molecular flexibility index (Phi) is 3.18. The first-order valence-corrected chi connectivity index (χ1v) is 5.13. The Balaban J connectivity index is 2.51. The summed E-state index contributed by atoms with van der Waals surface area (Å²) in [7, 11) is 3.07. The van der Waals surface area contributed by atoms with Crippen LogP contribution < -0.4 is 9.47 Å². The van der Waals surface area contributed by atoms with Crippen LogP contribution in [0, 0.1) is 6.92 Å². The second-order valence-corrected chi connectivity index (χ2v) is 3.44. The van der Waals surface area contributed by atoms with Crippen molar-refractivity contribution >= 4 is 0 Å². The molecule has 0 aromatic carbocycles. The van der Waals surface area contributed by atoms with Crippen molar-refractivity contribution in [2.75, 3.05) is 14.2 Å². The lowest BCUT2D eigenvalue weighted by molar-refractivity contribution is 0.353. The molecule has 0 radical (unpaired) electrons. The summed E-state index contributed by atoms with van der Waals surface area (Å²) in [6.07, 6.45) is 1.65. The minimum atomic E-state index is 0.276. The van der Waals surface area contributed by atoms with Gasteiger partial charge in [-0.05, 0) is 19.1 Å². The number of hydrogen-bond acceptors (Lipinski definition) is 5. The first-order valence-electron chi connectivity index (χ1n) is 5.13. The summed E-state index contributed by atoms with van der Waals surface area (Å²) in [5, 5.41) is 0. The summed E-state index contributed by atoms with van der Waals surface area (Å²) in [6, 6.07) is 6.03. The lowest BCUT2D eigenvalue weighted by Gasteiger charge is -2.07. The van der Waals surface area contributed by atoms with Gasteiger partial charge in [-0.3, -0.25) is 4.98 Å². The zero-order chi connectivity index (χ0) is 12.3. The maximum Gasteiger partial charge on any atom is 0.319 e. The van der Waals surface area contributed by atoms with E-state index in [0.717, 1.165) is 17.0 Å². The number of rotatable bonds is 3. The SMILES string of the molecule is COc1ncc(-c2cccc(C)n2)c(OC)n1. The fourth-order valence-corrected chi connectivity index (χ4v) is 1.47. The van der Waals surface area contributed by atoms with Crippen LogP contribution in [0.2, 0.25) is 0 Å². The molecule has 0 amide bonds. The van der Waals surface area contributed by atoms with Gasteiger partial charge in [-0.25, -0.2) is 4.98 Å².